The molecule has 3 aromatic carbocycles. The molecule has 2 aliphatic heterocycles. The molecule has 46 heavy (non-hydrogen) atoms. The van der Waals surface area contributed by atoms with Gasteiger partial charge in [-0.1, -0.05) is 30.0 Å². The molecule has 2 fully saturated rings. The minimum atomic E-state index is -1.09. The molecule has 0 saturated carbocycles. The third-order valence-electron chi connectivity index (χ3n) is 7.22. The van der Waals surface area contributed by atoms with Gasteiger partial charge in [0, 0.05) is 43.9 Å². The second-order valence-electron chi connectivity index (χ2n) is 10.3. The van der Waals surface area contributed by atoms with Crippen molar-refractivity contribution in [2.45, 2.75) is 6.42 Å². The fourth-order valence-electron chi connectivity index (χ4n) is 4.79. The number of carboxylic acids is 1. The number of nitrogens with zero attached hydrogens (tertiary/aromatic N) is 2. The molecule has 240 valence electrons. The second kappa shape index (κ2) is 14.9. The maximum Gasteiger partial charge on any atom is 0.335 e. The molecule has 2 N–H and O–H groups in total. The highest BCUT2D eigenvalue weighted by molar-refractivity contribution is 8.26. The lowest BCUT2D eigenvalue weighted by molar-refractivity contribution is -0.122. The van der Waals surface area contributed by atoms with Crippen molar-refractivity contribution in [3.8, 4) is 16.9 Å². The van der Waals surface area contributed by atoms with Gasteiger partial charge in [-0.25, -0.2) is 18.0 Å². The lowest BCUT2D eigenvalue weighted by Crippen LogP contribution is -2.38. The second-order valence-corrected chi connectivity index (χ2v) is 12.0. The van der Waals surface area contributed by atoms with Crippen LogP contribution in [0.25, 0.3) is 17.2 Å². The lowest BCUT2D eigenvalue weighted by atomic mass is 10.0. The molecule has 5 rings (SSSR count). The number of halogens is 3. The standard InChI is InChI=1S/C32H28F3N3O6S2/c33-24-6-3-20(16-25(24)34)21-15-22(29(26(35)17-21)44-14-11-37-9-12-43-13-10-37)18-27-30(40)38(32(45)46-27)8-7-28(39)36-23-4-1-19(2-5-23)31(41)42/h1-6,15-18H,7-14H2,(H,36,39)(H,41,42). The fourth-order valence-corrected chi connectivity index (χ4v) is 6.08. The summed E-state index contributed by atoms with van der Waals surface area (Å²) in [7, 11) is 0. The molecule has 2 aliphatic rings. The van der Waals surface area contributed by atoms with E-state index in [1.165, 1.54) is 47.4 Å². The molecular weight excluding hydrogens is 643 g/mol. The van der Waals surface area contributed by atoms with E-state index in [-0.39, 0.29) is 56.8 Å². The summed E-state index contributed by atoms with van der Waals surface area (Å²) in [6.45, 7) is 3.24. The monoisotopic (exact) mass is 671 g/mol. The highest BCUT2D eigenvalue weighted by atomic mass is 32.2. The van der Waals surface area contributed by atoms with Gasteiger partial charge in [0.15, 0.2) is 23.2 Å². The summed E-state index contributed by atoms with van der Waals surface area (Å²) in [4.78, 5) is 40.5. The number of hydrogen-bond acceptors (Lipinski definition) is 8. The lowest BCUT2D eigenvalue weighted by Gasteiger charge is -2.26. The molecular formula is C32H28F3N3O6S2. The van der Waals surface area contributed by atoms with E-state index in [4.69, 9.17) is 26.8 Å². The summed E-state index contributed by atoms with van der Waals surface area (Å²) in [6, 6.07) is 11.5. The van der Waals surface area contributed by atoms with Crippen molar-refractivity contribution in [3.63, 3.8) is 0 Å². The van der Waals surface area contributed by atoms with Gasteiger partial charge in [-0.15, -0.1) is 0 Å². The normalized spacial score (nSPS) is 16.2. The number of carbonyl (C=O) groups excluding carboxylic acids is 2. The fraction of sp³-hybridized carbons (Fsp3) is 0.250. The zero-order valence-corrected chi connectivity index (χ0v) is 25.9. The quantitative estimate of drug-likeness (QED) is 0.204. The SMILES string of the molecule is O=C(CCN1C(=O)C(=Cc2cc(-c3ccc(F)c(F)c3)cc(F)c2OCCN2CCOCC2)SC1=S)Nc1ccc(C(=O)O)cc1. The predicted molar refractivity (Wildman–Crippen MR) is 171 cm³/mol. The van der Waals surface area contributed by atoms with Crippen LogP contribution in [0.15, 0.2) is 59.5 Å². The summed E-state index contributed by atoms with van der Waals surface area (Å²) in [5.74, 6) is -5.00. The van der Waals surface area contributed by atoms with Crippen LogP contribution in [-0.4, -0.2) is 83.0 Å². The number of rotatable bonds is 11. The zero-order valence-electron chi connectivity index (χ0n) is 24.3. The van der Waals surface area contributed by atoms with E-state index in [0.717, 1.165) is 30.0 Å². The Bertz CT molecular complexity index is 1700. The van der Waals surface area contributed by atoms with Crippen molar-refractivity contribution in [3.05, 3.63) is 88.1 Å². The highest BCUT2D eigenvalue weighted by Crippen LogP contribution is 2.37. The van der Waals surface area contributed by atoms with Crippen LogP contribution in [0, 0.1) is 17.5 Å². The minimum Gasteiger partial charge on any atom is -0.489 e. The molecule has 0 bridgehead atoms. The van der Waals surface area contributed by atoms with Gasteiger partial charge in [0.1, 0.15) is 10.9 Å². The van der Waals surface area contributed by atoms with Crippen molar-refractivity contribution in [1.29, 1.82) is 0 Å². The number of nitrogens with one attached hydrogen (secondary N) is 1. The Labute approximate surface area is 272 Å². The van der Waals surface area contributed by atoms with Crippen molar-refractivity contribution >= 4 is 57.8 Å². The highest BCUT2D eigenvalue weighted by Gasteiger charge is 2.32. The van der Waals surface area contributed by atoms with E-state index in [1.54, 1.807) is 0 Å². The zero-order chi connectivity index (χ0) is 32.8. The van der Waals surface area contributed by atoms with Crippen LogP contribution >= 0.6 is 24.0 Å². The molecule has 2 saturated heterocycles. The van der Waals surface area contributed by atoms with Gasteiger partial charge < -0.3 is 19.9 Å². The average Bonchev–Trinajstić information content (AvgIpc) is 3.30. The largest absolute Gasteiger partial charge is 0.489 e. The van der Waals surface area contributed by atoms with Gasteiger partial charge >= 0.3 is 5.97 Å². The number of carbonyl (C=O) groups is 3. The number of hydrogen-bond donors (Lipinski definition) is 2. The van der Waals surface area contributed by atoms with E-state index in [1.807, 2.05) is 0 Å². The number of benzene rings is 3. The summed E-state index contributed by atoms with van der Waals surface area (Å²) in [5.41, 5.74) is 1.13. The van der Waals surface area contributed by atoms with Gasteiger partial charge in [0.25, 0.3) is 5.91 Å². The first kappa shape index (κ1) is 33.1. The number of anilines is 1. The molecule has 0 unspecified atom stereocenters. The van der Waals surface area contributed by atoms with Crippen LogP contribution in [0.2, 0.25) is 0 Å². The van der Waals surface area contributed by atoms with Crippen LogP contribution in [0.1, 0.15) is 22.3 Å². The van der Waals surface area contributed by atoms with E-state index < -0.39 is 35.2 Å². The number of thiocarbonyl (C=S) groups is 1. The van der Waals surface area contributed by atoms with E-state index in [9.17, 15) is 23.2 Å². The first-order chi connectivity index (χ1) is 22.1. The van der Waals surface area contributed by atoms with Gasteiger partial charge in [-0.2, -0.15) is 0 Å². The maximum atomic E-state index is 15.6. The Morgan fingerprint density at radius 1 is 0.978 bits per heavy atom. The summed E-state index contributed by atoms with van der Waals surface area (Å²) >= 11 is 6.38. The predicted octanol–water partition coefficient (Wildman–Crippen LogP) is 5.41. The molecule has 14 heteroatoms. The minimum absolute atomic E-state index is 0.0345. The Balaban J connectivity index is 1.33. The van der Waals surface area contributed by atoms with E-state index >= 15 is 4.39 Å². The maximum absolute atomic E-state index is 15.6. The number of morpholine rings is 1. The van der Waals surface area contributed by atoms with Crippen molar-refractivity contribution in [2.24, 2.45) is 0 Å². The molecule has 0 aliphatic carbocycles. The van der Waals surface area contributed by atoms with Crippen molar-refractivity contribution in [2.75, 3.05) is 51.3 Å². The molecule has 0 radical (unpaired) electrons. The molecule has 2 heterocycles. The Morgan fingerprint density at radius 2 is 1.70 bits per heavy atom. The molecule has 0 aromatic heterocycles. The van der Waals surface area contributed by atoms with E-state index in [2.05, 4.69) is 10.2 Å². The van der Waals surface area contributed by atoms with E-state index in [0.29, 0.717) is 38.5 Å². The number of carboxylic acid groups (broad SMARTS) is 1. The topological polar surface area (TPSA) is 108 Å². The molecule has 3 aromatic rings. The summed E-state index contributed by atoms with van der Waals surface area (Å²) in [5, 5.41) is 11.7. The van der Waals surface area contributed by atoms with Gasteiger partial charge in [0.05, 0.1) is 23.7 Å². The molecule has 9 nitrogen and oxygen atoms in total. The van der Waals surface area contributed by atoms with Gasteiger partial charge in [-0.3, -0.25) is 19.4 Å². The number of ether oxygens (including phenoxy) is 2. The molecule has 0 spiro atoms. The Kier molecular flexibility index (Phi) is 10.7. The number of aromatic carboxylic acids is 1. The van der Waals surface area contributed by atoms with Crippen LogP contribution in [-0.2, 0) is 14.3 Å². The van der Waals surface area contributed by atoms with Crippen LogP contribution in [0.5, 0.6) is 5.75 Å². The first-order valence-corrected chi connectivity index (χ1v) is 15.4. The summed E-state index contributed by atoms with van der Waals surface area (Å²) in [6.07, 6.45) is 1.33. The van der Waals surface area contributed by atoms with Crippen molar-refractivity contribution in [1.82, 2.24) is 9.80 Å². The third kappa shape index (κ3) is 8.12. The molecule has 2 amide bonds. The Morgan fingerprint density at radius 3 is 2.39 bits per heavy atom. The average molecular weight is 672 g/mol. The van der Waals surface area contributed by atoms with Gasteiger partial charge in [-0.05, 0) is 65.7 Å². The molecule has 0 atom stereocenters. The smallest absolute Gasteiger partial charge is 0.335 e. The number of thioether (sulfide) groups is 1. The van der Waals surface area contributed by atoms with Crippen LogP contribution in [0.3, 0.4) is 0 Å². The van der Waals surface area contributed by atoms with Crippen LogP contribution in [0.4, 0.5) is 18.9 Å². The third-order valence-corrected chi connectivity index (χ3v) is 8.60. The summed E-state index contributed by atoms with van der Waals surface area (Å²) < 4.78 is 54.6. The first-order valence-electron chi connectivity index (χ1n) is 14.2. The Hall–Kier alpha value is -4.24. The van der Waals surface area contributed by atoms with Gasteiger partial charge in [0.2, 0.25) is 5.91 Å². The van der Waals surface area contributed by atoms with Crippen LogP contribution < -0.4 is 10.1 Å². The number of amides is 2. The van der Waals surface area contributed by atoms with Crippen molar-refractivity contribution < 1.29 is 42.1 Å².